The molecule has 4 nitrogen and oxygen atoms in total. The molecule has 3 unspecified atom stereocenters. The van der Waals surface area contributed by atoms with Gasteiger partial charge in [-0.05, 0) is 86.1 Å². The first-order chi connectivity index (χ1) is 10.6. The SMILES string of the molecule is CC(C)n1nc(I)cc1C1C2CC(C3CNCCCO3)CC21. The smallest absolute Gasteiger partial charge is 0.123 e. The topological polar surface area (TPSA) is 39.1 Å². The Kier molecular flexibility index (Phi) is 4.24. The Balaban J connectivity index is 1.42. The molecule has 0 spiro atoms. The molecule has 22 heavy (non-hydrogen) atoms. The van der Waals surface area contributed by atoms with Gasteiger partial charge in [0.15, 0.2) is 0 Å². The Morgan fingerprint density at radius 3 is 2.86 bits per heavy atom. The van der Waals surface area contributed by atoms with Gasteiger partial charge in [0.25, 0.3) is 0 Å². The number of ether oxygens (including phenoxy) is 1. The van der Waals surface area contributed by atoms with E-state index >= 15 is 0 Å². The summed E-state index contributed by atoms with van der Waals surface area (Å²) in [6, 6.07) is 2.77. The van der Waals surface area contributed by atoms with E-state index in [2.05, 4.69) is 57.6 Å². The van der Waals surface area contributed by atoms with Crippen molar-refractivity contribution in [1.29, 1.82) is 0 Å². The molecule has 2 aliphatic carbocycles. The molecule has 0 amide bonds. The zero-order valence-electron chi connectivity index (χ0n) is 13.5. The van der Waals surface area contributed by atoms with Gasteiger partial charge in [-0.1, -0.05) is 0 Å². The molecule has 3 fully saturated rings. The van der Waals surface area contributed by atoms with Crippen molar-refractivity contribution in [3.63, 3.8) is 0 Å². The van der Waals surface area contributed by atoms with Gasteiger partial charge >= 0.3 is 0 Å². The molecule has 0 radical (unpaired) electrons. The molecule has 1 N–H and O–H groups in total. The fraction of sp³-hybridized carbons (Fsp3) is 0.824. The van der Waals surface area contributed by atoms with Gasteiger partial charge in [0.1, 0.15) is 3.70 Å². The number of halogens is 1. The number of nitrogens with zero attached hydrogens (tertiary/aromatic N) is 2. The molecule has 3 aliphatic rings. The minimum atomic E-state index is 0.450. The molecule has 1 saturated heterocycles. The first-order valence-electron chi connectivity index (χ1n) is 8.72. The number of hydrogen-bond donors (Lipinski definition) is 1. The highest BCUT2D eigenvalue weighted by Gasteiger charge is 2.58. The van der Waals surface area contributed by atoms with Crippen molar-refractivity contribution in [2.45, 2.75) is 51.2 Å². The van der Waals surface area contributed by atoms with Crippen LogP contribution >= 0.6 is 22.6 Å². The van der Waals surface area contributed by atoms with Crippen molar-refractivity contribution in [2.75, 3.05) is 19.7 Å². The molecule has 2 heterocycles. The molecular weight excluding hydrogens is 389 g/mol. The van der Waals surface area contributed by atoms with E-state index in [1.807, 2.05) is 0 Å². The lowest BCUT2D eigenvalue weighted by Gasteiger charge is -2.24. The van der Waals surface area contributed by atoms with Gasteiger partial charge in [0.2, 0.25) is 0 Å². The summed E-state index contributed by atoms with van der Waals surface area (Å²) in [6.45, 7) is 7.57. The average Bonchev–Trinajstić information content (AvgIpc) is 2.90. The zero-order valence-corrected chi connectivity index (χ0v) is 15.6. The van der Waals surface area contributed by atoms with E-state index in [0.717, 1.165) is 53.5 Å². The van der Waals surface area contributed by atoms with E-state index in [9.17, 15) is 0 Å². The second-order valence-electron chi connectivity index (χ2n) is 7.48. The third-order valence-corrected chi connectivity index (χ3v) is 6.28. The highest BCUT2D eigenvalue weighted by molar-refractivity contribution is 14.1. The molecule has 5 heteroatoms. The standard InChI is InChI=1S/C17H26IN3O/c1-10(2)21-14(8-16(18)20-21)17-12-6-11(7-13(12)17)15-9-19-4-3-5-22-15/h8,10-13,15,17,19H,3-7,9H2,1-2H3. The average molecular weight is 415 g/mol. The van der Waals surface area contributed by atoms with Crippen molar-refractivity contribution < 1.29 is 4.74 Å². The van der Waals surface area contributed by atoms with Crippen molar-refractivity contribution in [1.82, 2.24) is 15.1 Å². The van der Waals surface area contributed by atoms with Gasteiger partial charge in [-0.2, -0.15) is 5.10 Å². The normalized spacial score (nSPS) is 38.1. The quantitative estimate of drug-likeness (QED) is 0.771. The fourth-order valence-electron chi connectivity index (χ4n) is 4.70. The fourth-order valence-corrected chi connectivity index (χ4v) is 5.26. The van der Waals surface area contributed by atoms with Crippen molar-refractivity contribution >= 4 is 22.6 Å². The predicted octanol–water partition coefficient (Wildman–Crippen LogP) is 3.19. The van der Waals surface area contributed by atoms with Gasteiger partial charge < -0.3 is 10.1 Å². The summed E-state index contributed by atoms with van der Waals surface area (Å²) in [7, 11) is 0. The molecule has 1 aromatic heterocycles. The lowest BCUT2D eigenvalue weighted by molar-refractivity contribution is 0.0222. The Labute approximate surface area is 146 Å². The highest BCUT2D eigenvalue weighted by Crippen LogP contribution is 2.65. The summed E-state index contributed by atoms with van der Waals surface area (Å²) in [5, 5.41) is 8.22. The number of hydrogen-bond acceptors (Lipinski definition) is 3. The third-order valence-electron chi connectivity index (χ3n) is 5.75. The number of nitrogens with one attached hydrogen (secondary N) is 1. The van der Waals surface area contributed by atoms with Crippen LogP contribution in [-0.4, -0.2) is 35.6 Å². The van der Waals surface area contributed by atoms with E-state index in [-0.39, 0.29) is 0 Å². The van der Waals surface area contributed by atoms with E-state index in [1.54, 1.807) is 0 Å². The number of fused-ring (bicyclic) bond motifs is 1. The van der Waals surface area contributed by atoms with Crippen LogP contribution in [0.4, 0.5) is 0 Å². The molecule has 4 rings (SSSR count). The summed E-state index contributed by atoms with van der Waals surface area (Å²) < 4.78 is 9.47. The molecular formula is C17H26IN3O. The van der Waals surface area contributed by atoms with Crippen LogP contribution in [0, 0.1) is 21.5 Å². The van der Waals surface area contributed by atoms with Crippen LogP contribution in [-0.2, 0) is 4.74 Å². The molecule has 122 valence electrons. The highest BCUT2D eigenvalue weighted by atomic mass is 127. The monoisotopic (exact) mass is 415 g/mol. The van der Waals surface area contributed by atoms with Gasteiger partial charge in [-0.15, -0.1) is 0 Å². The maximum atomic E-state index is 6.08. The summed E-state index contributed by atoms with van der Waals surface area (Å²) in [4.78, 5) is 0. The largest absolute Gasteiger partial charge is 0.377 e. The van der Waals surface area contributed by atoms with Crippen molar-refractivity contribution in [2.24, 2.45) is 17.8 Å². The van der Waals surface area contributed by atoms with Crippen LogP contribution in [0.1, 0.15) is 50.8 Å². The first-order valence-corrected chi connectivity index (χ1v) is 9.80. The van der Waals surface area contributed by atoms with Crippen molar-refractivity contribution in [3.05, 3.63) is 15.5 Å². The van der Waals surface area contributed by atoms with E-state index < -0.39 is 0 Å². The molecule has 1 aromatic rings. The van der Waals surface area contributed by atoms with Gasteiger partial charge in [0, 0.05) is 30.8 Å². The van der Waals surface area contributed by atoms with Crippen LogP contribution in [0.25, 0.3) is 0 Å². The van der Waals surface area contributed by atoms with Gasteiger partial charge in [-0.3, -0.25) is 4.68 Å². The first kappa shape index (κ1) is 15.4. The maximum absolute atomic E-state index is 6.08. The summed E-state index contributed by atoms with van der Waals surface area (Å²) in [5.74, 6) is 3.28. The van der Waals surface area contributed by atoms with E-state index in [1.165, 1.54) is 18.5 Å². The Morgan fingerprint density at radius 2 is 2.14 bits per heavy atom. The van der Waals surface area contributed by atoms with Gasteiger partial charge in [0.05, 0.1) is 6.10 Å². The summed E-state index contributed by atoms with van der Waals surface area (Å²) >= 11 is 2.35. The Bertz CT molecular complexity index is 524. The van der Waals surface area contributed by atoms with Crippen molar-refractivity contribution in [3.8, 4) is 0 Å². The minimum Gasteiger partial charge on any atom is -0.377 e. The molecule has 0 bridgehead atoms. The Hall–Kier alpha value is -0.140. The lowest BCUT2D eigenvalue weighted by Crippen LogP contribution is -2.32. The molecule has 0 aromatic carbocycles. The van der Waals surface area contributed by atoms with Gasteiger partial charge in [-0.25, -0.2) is 0 Å². The Morgan fingerprint density at radius 1 is 1.36 bits per heavy atom. The van der Waals surface area contributed by atoms with Crippen LogP contribution < -0.4 is 5.32 Å². The van der Waals surface area contributed by atoms with Crippen LogP contribution in [0.3, 0.4) is 0 Å². The second-order valence-corrected chi connectivity index (χ2v) is 8.59. The maximum Gasteiger partial charge on any atom is 0.123 e. The number of aromatic nitrogens is 2. The minimum absolute atomic E-state index is 0.450. The summed E-state index contributed by atoms with van der Waals surface area (Å²) in [5.41, 5.74) is 1.48. The molecule has 1 aliphatic heterocycles. The molecule has 3 atom stereocenters. The van der Waals surface area contributed by atoms with Crippen LogP contribution in [0.2, 0.25) is 0 Å². The number of rotatable bonds is 3. The van der Waals surface area contributed by atoms with Crippen LogP contribution in [0.15, 0.2) is 6.07 Å². The molecule has 2 saturated carbocycles. The summed E-state index contributed by atoms with van der Waals surface area (Å²) in [6.07, 6.45) is 4.31. The lowest BCUT2D eigenvalue weighted by atomic mass is 9.93. The predicted molar refractivity (Wildman–Crippen MR) is 95.0 cm³/mol. The second kappa shape index (κ2) is 6.06. The third kappa shape index (κ3) is 2.73. The zero-order chi connectivity index (χ0) is 15.3. The van der Waals surface area contributed by atoms with Crippen LogP contribution in [0.5, 0.6) is 0 Å². The van der Waals surface area contributed by atoms with E-state index in [4.69, 9.17) is 4.74 Å². The van der Waals surface area contributed by atoms with E-state index in [0.29, 0.717) is 12.1 Å².